The topological polar surface area (TPSA) is 104 Å². The van der Waals surface area contributed by atoms with Gasteiger partial charge in [0.15, 0.2) is 0 Å². The number of fused-ring (bicyclic) bond motifs is 8. The number of nitrogens with one attached hydrogen (secondary N) is 3. The van der Waals surface area contributed by atoms with Gasteiger partial charge in [-0.2, -0.15) is 0 Å². The first-order chi connectivity index (χ1) is 24.1. The van der Waals surface area contributed by atoms with E-state index in [2.05, 4.69) is 87.3 Å². The summed E-state index contributed by atoms with van der Waals surface area (Å²) in [7, 11) is 0. The molecule has 3 aromatic rings. The lowest BCUT2D eigenvalue weighted by molar-refractivity contribution is -0.121. The van der Waals surface area contributed by atoms with Crippen molar-refractivity contribution in [1.29, 1.82) is 0 Å². The molecule has 2 aliphatic heterocycles. The average molecular weight is 672 g/mol. The zero-order chi connectivity index (χ0) is 35.9. The number of carbonyl (C=O) groups is 2. The molecule has 0 saturated heterocycles. The van der Waals surface area contributed by atoms with Crippen molar-refractivity contribution in [3.05, 3.63) is 82.5 Å². The highest BCUT2D eigenvalue weighted by Crippen LogP contribution is 2.38. The summed E-state index contributed by atoms with van der Waals surface area (Å²) >= 11 is 0. The maximum atomic E-state index is 13.0. The zero-order valence-electron chi connectivity index (χ0n) is 30.9. The summed E-state index contributed by atoms with van der Waals surface area (Å²) in [5, 5.41) is 3.14. The Balaban J connectivity index is 1.64. The number of carbonyl (C=O) groups excluding carboxylic acids is 2. The Labute approximate surface area is 297 Å². The van der Waals surface area contributed by atoms with Crippen LogP contribution in [0.2, 0.25) is 0 Å². The Morgan fingerprint density at radius 1 is 0.680 bits per heavy atom. The largest absolute Gasteiger partial charge is 0.356 e. The van der Waals surface area contributed by atoms with Crippen LogP contribution in [0.4, 0.5) is 0 Å². The van der Waals surface area contributed by atoms with Crippen LogP contribution in [0.25, 0.3) is 56.5 Å². The fraction of sp³-hybridized carbons (Fsp3) is 0.395. The number of rotatable bonds is 15. The molecule has 0 atom stereocenters. The SMILES string of the molecule is C=Cc1c(C)c2cc3[nH]c(cc4nc(cc5nc(cc1[nH]2)C(C)=C5CCC(C)=O)C(CCC(=O)NCCCCCCCC)=C4C)c(C)c3C=C. The summed E-state index contributed by atoms with van der Waals surface area (Å²) in [6.07, 6.45) is 12.9. The smallest absolute Gasteiger partial charge is 0.220 e. The van der Waals surface area contributed by atoms with Gasteiger partial charge in [-0.05, 0) is 112 Å². The highest BCUT2D eigenvalue weighted by Gasteiger charge is 2.22. The number of amides is 1. The van der Waals surface area contributed by atoms with Crippen LogP contribution in [0.1, 0.15) is 137 Å². The third kappa shape index (κ3) is 7.99. The van der Waals surface area contributed by atoms with Crippen LogP contribution in [0.15, 0.2) is 37.4 Å². The Kier molecular flexibility index (Phi) is 11.9. The lowest BCUT2D eigenvalue weighted by atomic mass is 9.97. The van der Waals surface area contributed by atoms with Crippen LogP contribution in [0.3, 0.4) is 0 Å². The van der Waals surface area contributed by atoms with Crippen molar-refractivity contribution in [1.82, 2.24) is 25.3 Å². The van der Waals surface area contributed by atoms with Gasteiger partial charge in [-0.1, -0.05) is 64.3 Å². The number of H-pyrrole nitrogens is 2. The molecule has 0 saturated carbocycles. The predicted molar refractivity (Wildman–Crippen MR) is 211 cm³/mol. The fourth-order valence-corrected chi connectivity index (χ4v) is 7.06. The van der Waals surface area contributed by atoms with Gasteiger partial charge in [0.05, 0.1) is 22.8 Å². The Bertz CT molecular complexity index is 2050. The van der Waals surface area contributed by atoms with Gasteiger partial charge in [-0.25, -0.2) is 9.97 Å². The van der Waals surface area contributed by atoms with Crippen molar-refractivity contribution in [3.63, 3.8) is 0 Å². The summed E-state index contributed by atoms with van der Waals surface area (Å²) in [6, 6.07) is 8.35. The van der Waals surface area contributed by atoms with Crippen LogP contribution in [-0.2, 0) is 9.59 Å². The zero-order valence-corrected chi connectivity index (χ0v) is 30.9. The van der Waals surface area contributed by atoms with Crippen molar-refractivity contribution < 1.29 is 9.59 Å². The van der Waals surface area contributed by atoms with E-state index in [9.17, 15) is 9.59 Å². The van der Waals surface area contributed by atoms with E-state index in [-0.39, 0.29) is 11.7 Å². The van der Waals surface area contributed by atoms with Crippen molar-refractivity contribution in [2.75, 3.05) is 6.54 Å². The molecule has 3 N–H and O–H groups in total. The molecule has 0 radical (unpaired) electrons. The van der Waals surface area contributed by atoms with Crippen molar-refractivity contribution in [3.8, 4) is 0 Å². The summed E-state index contributed by atoms with van der Waals surface area (Å²) in [4.78, 5) is 42.7. The molecular formula is C43H53N5O2. The minimum atomic E-state index is 0.0600. The molecule has 5 rings (SSSR count). The van der Waals surface area contributed by atoms with Gasteiger partial charge in [-0.3, -0.25) is 4.79 Å². The van der Waals surface area contributed by atoms with Gasteiger partial charge >= 0.3 is 0 Å². The number of aryl methyl sites for hydroxylation is 2. The molecule has 262 valence electrons. The summed E-state index contributed by atoms with van der Waals surface area (Å²) < 4.78 is 0. The van der Waals surface area contributed by atoms with Gasteiger partial charge in [0.1, 0.15) is 5.78 Å². The Morgan fingerprint density at radius 3 is 1.74 bits per heavy atom. The number of nitrogens with zero attached hydrogens (tertiary/aromatic N) is 2. The lowest BCUT2D eigenvalue weighted by Crippen LogP contribution is -2.24. The van der Waals surface area contributed by atoms with Gasteiger partial charge < -0.3 is 20.1 Å². The van der Waals surface area contributed by atoms with Gasteiger partial charge in [-0.15, -0.1) is 0 Å². The first-order valence-electron chi connectivity index (χ1n) is 18.2. The standard InChI is InChI=1S/C43H53N5O2/c1-9-12-13-14-15-16-21-44-43(50)20-19-34-30(8)36-22-35-27(5)31(10-2)39(45-35)23-37-28(6)32(11-3)40(46-37)24-38-29(7)33(18-17-26(4)49)41(48-38)25-42(34)47-36/h10-11,22-25,45-46H,2-3,9,12-21H2,1,4-8H3,(H,44,50). The minimum Gasteiger partial charge on any atom is -0.356 e. The number of aromatic amines is 2. The molecule has 0 fully saturated rings. The average Bonchev–Trinajstić information content (AvgIpc) is 3.75. The summed E-state index contributed by atoms with van der Waals surface area (Å²) in [5.41, 5.74) is 15.5. The van der Waals surface area contributed by atoms with E-state index >= 15 is 0 Å². The first-order valence-corrected chi connectivity index (χ1v) is 18.2. The molecule has 0 unspecified atom stereocenters. The molecule has 1 amide bonds. The first kappa shape index (κ1) is 36.5. The molecule has 5 heterocycles. The minimum absolute atomic E-state index is 0.0600. The van der Waals surface area contributed by atoms with Gasteiger partial charge in [0.25, 0.3) is 0 Å². The van der Waals surface area contributed by atoms with Crippen LogP contribution >= 0.6 is 0 Å². The van der Waals surface area contributed by atoms with E-state index in [1.807, 2.05) is 12.2 Å². The lowest BCUT2D eigenvalue weighted by Gasteiger charge is -2.08. The van der Waals surface area contributed by atoms with Crippen LogP contribution < -0.4 is 5.32 Å². The molecule has 7 nitrogen and oxygen atoms in total. The second-order valence-electron chi connectivity index (χ2n) is 13.8. The molecule has 2 aliphatic rings. The number of hydrogen-bond acceptors (Lipinski definition) is 4. The normalized spacial score (nSPS) is 12.8. The van der Waals surface area contributed by atoms with E-state index in [1.54, 1.807) is 6.92 Å². The highest BCUT2D eigenvalue weighted by atomic mass is 16.1. The van der Waals surface area contributed by atoms with E-state index in [4.69, 9.17) is 9.97 Å². The second kappa shape index (κ2) is 16.3. The molecule has 0 aromatic carbocycles. The number of hydrogen-bond donors (Lipinski definition) is 3. The van der Waals surface area contributed by atoms with E-state index in [1.165, 1.54) is 25.7 Å². The number of allylic oxidation sites excluding steroid dienone is 4. The quantitative estimate of drug-likeness (QED) is 0.140. The molecule has 0 spiro atoms. The second-order valence-corrected chi connectivity index (χ2v) is 13.8. The Hall–Kier alpha value is -4.78. The van der Waals surface area contributed by atoms with Crippen LogP contribution in [-0.4, -0.2) is 38.2 Å². The van der Waals surface area contributed by atoms with E-state index in [0.717, 1.165) is 102 Å². The highest BCUT2D eigenvalue weighted by molar-refractivity contribution is 5.97. The Morgan fingerprint density at radius 2 is 1.18 bits per heavy atom. The van der Waals surface area contributed by atoms with Gasteiger partial charge in [0, 0.05) is 52.6 Å². The summed E-state index contributed by atoms with van der Waals surface area (Å²) in [6.45, 7) is 21.2. The molecule has 3 aromatic heterocycles. The monoisotopic (exact) mass is 671 g/mol. The number of aromatic nitrogens is 4. The maximum Gasteiger partial charge on any atom is 0.220 e. The third-order valence-electron chi connectivity index (χ3n) is 10.2. The van der Waals surface area contributed by atoms with Crippen LogP contribution in [0, 0.1) is 13.8 Å². The summed E-state index contributed by atoms with van der Waals surface area (Å²) in [5.74, 6) is 0.200. The molecule has 8 bridgehead atoms. The van der Waals surface area contributed by atoms with Crippen LogP contribution in [0.5, 0.6) is 0 Å². The maximum absolute atomic E-state index is 13.0. The van der Waals surface area contributed by atoms with Crippen molar-refractivity contribution >= 4 is 68.2 Å². The number of unbranched alkanes of at least 4 members (excludes halogenated alkanes) is 5. The molecular weight excluding hydrogens is 619 g/mol. The number of Topliss-reactive ketones (excluding diaryl/α,β-unsaturated/α-hetero) is 1. The fourth-order valence-electron chi connectivity index (χ4n) is 7.06. The van der Waals surface area contributed by atoms with E-state index in [0.29, 0.717) is 32.2 Å². The van der Waals surface area contributed by atoms with Crippen molar-refractivity contribution in [2.45, 2.75) is 106 Å². The van der Waals surface area contributed by atoms with Crippen molar-refractivity contribution in [2.24, 2.45) is 0 Å². The number of ketones is 1. The molecule has 50 heavy (non-hydrogen) atoms. The third-order valence-corrected chi connectivity index (χ3v) is 10.2. The predicted octanol–water partition coefficient (Wildman–Crippen LogP) is 10.7. The van der Waals surface area contributed by atoms with Gasteiger partial charge in [0.2, 0.25) is 5.91 Å². The molecule has 7 heteroatoms. The van der Waals surface area contributed by atoms with E-state index < -0.39 is 0 Å². The molecule has 0 aliphatic carbocycles.